The molecule has 2 heterocycles. The molecule has 2 aromatic carbocycles. The maximum absolute atomic E-state index is 13.3. The van der Waals surface area contributed by atoms with Crippen molar-refractivity contribution >= 4 is 17.4 Å². The molecule has 2 aromatic rings. The Bertz CT molecular complexity index is 817. The number of hydrogen-bond donors (Lipinski definition) is 1. The molecule has 1 saturated heterocycles. The normalized spacial score (nSPS) is 17.3. The first-order valence-electron chi connectivity index (χ1n) is 9.56. The van der Waals surface area contributed by atoms with E-state index in [1.54, 1.807) is 12.1 Å². The molecule has 4 rings (SSSR count). The van der Waals surface area contributed by atoms with E-state index in [1.165, 1.54) is 23.4 Å². The number of amides is 2. The smallest absolute Gasteiger partial charge is 0.325 e. The van der Waals surface area contributed by atoms with Crippen LogP contribution in [0.3, 0.4) is 0 Å². The van der Waals surface area contributed by atoms with Gasteiger partial charge in [-0.25, -0.2) is 9.18 Å². The summed E-state index contributed by atoms with van der Waals surface area (Å²) in [7, 11) is 0. The van der Waals surface area contributed by atoms with Gasteiger partial charge in [0.2, 0.25) is 0 Å². The first-order valence-corrected chi connectivity index (χ1v) is 9.56. The number of hydrogen-bond acceptors (Lipinski definition) is 3. The summed E-state index contributed by atoms with van der Waals surface area (Å²) < 4.78 is 13.3. The quantitative estimate of drug-likeness (QED) is 0.901. The molecule has 0 radical (unpaired) electrons. The van der Waals surface area contributed by atoms with Gasteiger partial charge in [-0.1, -0.05) is 18.2 Å². The Balaban J connectivity index is 1.72. The van der Waals surface area contributed by atoms with Gasteiger partial charge < -0.3 is 15.1 Å². The number of benzene rings is 2. The molecule has 0 unspecified atom stereocenters. The molecule has 142 valence electrons. The lowest BCUT2D eigenvalue weighted by molar-refractivity contribution is 0.201. The van der Waals surface area contributed by atoms with Crippen LogP contribution in [0.1, 0.15) is 18.1 Å². The minimum atomic E-state index is -0.264. The summed E-state index contributed by atoms with van der Waals surface area (Å²) in [6.07, 6.45) is 0. The molecule has 0 saturated carbocycles. The molecule has 0 aromatic heterocycles. The fourth-order valence-electron chi connectivity index (χ4n) is 3.88. The van der Waals surface area contributed by atoms with E-state index in [1.807, 2.05) is 28.9 Å². The van der Waals surface area contributed by atoms with Crippen LogP contribution in [0.25, 0.3) is 0 Å². The van der Waals surface area contributed by atoms with E-state index in [9.17, 15) is 9.18 Å². The zero-order chi connectivity index (χ0) is 18.8. The summed E-state index contributed by atoms with van der Waals surface area (Å²) in [6.45, 7) is 7.61. The van der Waals surface area contributed by atoms with Gasteiger partial charge in [0, 0.05) is 44.0 Å². The Hall–Kier alpha value is -2.60. The van der Waals surface area contributed by atoms with Crippen molar-refractivity contribution in [3.05, 3.63) is 59.4 Å². The van der Waals surface area contributed by atoms with Crippen molar-refractivity contribution in [1.29, 1.82) is 0 Å². The number of carbonyl (C=O) groups is 1. The molecule has 0 spiro atoms. The van der Waals surface area contributed by atoms with E-state index >= 15 is 0 Å². The van der Waals surface area contributed by atoms with Crippen LogP contribution in [0.5, 0.6) is 0 Å². The molecule has 2 aliphatic rings. The molecule has 0 aliphatic carbocycles. The number of fused-ring (bicyclic) bond motifs is 1. The van der Waals surface area contributed by atoms with Crippen molar-refractivity contribution in [3.8, 4) is 0 Å². The highest BCUT2D eigenvalue weighted by Gasteiger charge is 2.32. The van der Waals surface area contributed by atoms with E-state index in [0.717, 1.165) is 37.4 Å². The molecule has 2 aliphatic heterocycles. The molecule has 0 atom stereocenters. The number of halogens is 1. The number of carbonyl (C=O) groups excluding carboxylic acids is 1. The maximum Gasteiger partial charge on any atom is 0.325 e. The molecular weight excluding hydrogens is 343 g/mol. The predicted molar refractivity (Wildman–Crippen MR) is 106 cm³/mol. The van der Waals surface area contributed by atoms with Crippen LogP contribution < -0.4 is 15.1 Å². The zero-order valence-corrected chi connectivity index (χ0v) is 15.6. The van der Waals surface area contributed by atoms with Gasteiger partial charge in [-0.2, -0.15) is 0 Å². The second-order valence-corrected chi connectivity index (χ2v) is 7.02. The van der Waals surface area contributed by atoms with Crippen LogP contribution in [-0.2, 0) is 13.1 Å². The van der Waals surface area contributed by atoms with Gasteiger partial charge in [-0.3, -0.25) is 4.90 Å². The number of urea groups is 1. The molecule has 5 nitrogen and oxygen atoms in total. The minimum absolute atomic E-state index is 0.00628. The summed E-state index contributed by atoms with van der Waals surface area (Å²) in [6, 6.07) is 12.6. The van der Waals surface area contributed by atoms with Crippen LogP contribution in [0.15, 0.2) is 42.5 Å². The lowest BCUT2D eigenvalue weighted by Gasteiger charge is -2.40. The third-order valence-electron chi connectivity index (χ3n) is 5.36. The highest BCUT2D eigenvalue weighted by molar-refractivity contribution is 5.96. The molecule has 0 bridgehead atoms. The van der Waals surface area contributed by atoms with Crippen LogP contribution in [-0.4, -0.2) is 43.7 Å². The van der Waals surface area contributed by atoms with Crippen molar-refractivity contribution in [3.63, 3.8) is 0 Å². The molecular formula is C21H25FN4O. The first-order chi connectivity index (χ1) is 13.2. The fourth-order valence-corrected chi connectivity index (χ4v) is 3.88. The van der Waals surface area contributed by atoms with Gasteiger partial charge >= 0.3 is 6.03 Å². The molecule has 6 heteroatoms. The lowest BCUT2D eigenvalue weighted by atomic mass is 10.0. The van der Waals surface area contributed by atoms with Crippen molar-refractivity contribution in [2.24, 2.45) is 0 Å². The van der Waals surface area contributed by atoms with Crippen molar-refractivity contribution in [2.75, 3.05) is 42.5 Å². The van der Waals surface area contributed by atoms with Crippen molar-refractivity contribution in [1.82, 2.24) is 10.2 Å². The Morgan fingerprint density at radius 2 is 1.74 bits per heavy atom. The van der Waals surface area contributed by atoms with Gasteiger partial charge in [0.25, 0.3) is 0 Å². The molecule has 1 N–H and O–H groups in total. The number of piperazine rings is 1. The third-order valence-corrected chi connectivity index (χ3v) is 5.36. The van der Waals surface area contributed by atoms with Gasteiger partial charge in [0.1, 0.15) is 5.82 Å². The van der Waals surface area contributed by atoms with Crippen molar-refractivity contribution < 1.29 is 9.18 Å². The number of rotatable bonds is 4. The van der Waals surface area contributed by atoms with Gasteiger partial charge in [-0.05, 0) is 36.8 Å². The topological polar surface area (TPSA) is 38.8 Å². The van der Waals surface area contributed by atoms with Gasteiger partial charge in [-0.15, -0.1) is 0 Å². The molecule has 27 heavy (non-hydrogen) atoms. The minimum Gasteiger partial charge on any atom is -0.369 e. The lowest BCUT2D eigenvalue weighted by Crippen LogP contribution is -2.48. The average molecular weight is 368 g/mol. The zero-order valence-electron chi connectivity index (χ0n) is 15.6. The number of anilines is 2. The van der Waals surface area contributed by atoms with Gasteiger partial charge in [0.15, 0.2) is 0 Å². The third kappa shape index (κ3) is 3.49. The Morgan fingerprint density at radius 1 is 1.04 bits per heavy atom. The van der Waals surface area contributed by atoms with Crippen LogP contribution in [0.2, 0.25) is 0 Å². The second-order valence-electron chi connectivity index (χ2n) is 7.02. The maximum atomic E-state index is 13.3. The summed E-state index contributed by atoms with van der Waals surface area (Å²) in [4.78, 5) is 19.1. The van der Waals surface area contributed by atoms with Crippen LogP contribution in [0, 0.1) is 5.82 Å². The second kappa shape index (κ2) is 7.56. The standard InChI is InChI=1S/C21H25FN4O/c1-2-24-15-18-19(25-12-10-23-11-13-25)4-3-5-20(18)26(21(24)27)14-16-6-8-17(22)9-7-16/h3-9,23H,2,10-15H2,1H3. The Kier molecular flexibility index (Phi) is 4.99. The SMILES string of the molecule is CCN1Cc2c(N3CCNCC3)cccc2N(Cc2ccc(F)cc2)C1=O. The summed E-state index contributed by atoms with van der Waals surface area (Å²) >= 11 is 0. The Morgan fingerprint density at radius 3 is 2.44 bits per heavy atom. The Labute approximate surface area is 159 Å². The van der Waals surface area contributed by atoms with E-state index < -0.39 is 0 Å². The van der Waals surface area contributed by atoms with E-state index in [-0.39, 0.29) is 11.8 Å². The van der Waals surface area contributed by atoms with E-state index in [0.29, 0.717) is 19.6 Å². The summed E-state index contributed by atoms with van der Waals surface area (Å²) in [5.41, 5.74) is 4.29. The monoisotopic (exact) mass is 368 g/mol. The number of nitrogens with one attached hydrogen (secondary N) is 1. The van der Waals surface area contributed by atoms with Crippen LogP contribution in [0.4, 0.5) is 20.6 Å². The fraction of sp³-hybridized carbons (Fsp3) is 0.381. The number of nitrogens with zero attached hydrogens (tertiary/aromatic N) is 3. The molecule has 1 fully saturated rings. The predicted octanol–water partition coefficient (Wildman–Crippen LogP) is 3.20. The highest BCUT2D eigenvalue weighted by Crippen LogP contribution is 2.36. The largest absolute Gasteiger partial charge is 0.369 e. The van der Waals surface area contributed by atoms with Crippen LogP contribution >= 0.6 is 0 Å². The first kappa shape index (κ1) is 17.8. The average Bonchev–Trinajstić information content (AvgIpc) is 2.71. The van der Waals surface area contributed by atoms with E-state index in [2.05, 4.69) is 16.3 Å². The van der Waals surface area contributed by atoms with E-state index in [4.69, 9.17) is 0 Å². The summed E-state index contributed by atoms with van der Waals surface area (Å²) in [5.74, 6) is -0.264. The van der Waals surface area contributed by atoms with Crippen molar-refractivity contribution in [2.45, 2.75) is 20.0 Å². The van der Waals surface area contributed by atoms with Gasteiger partial charge in [0.05, 0.1) is 18.8 Å². The summed E-state index contributed by atoms with van der Waals surface area (Å²) in [5, 5.41) is 3.39. The molecule has 2 amide bonds. The highest BCUT2D eigenvalue weighted by atomic mass is 19.1.